The van der Waals surface area contributed by atoms with Gasteiger partial charge in [-0.3, -0.25) is 14.0 Å². The van der Waals surface area contributed by atoms with Gasteiger partial charge >= 0.3 is 5.69 Å². The van der Waals surface area contributed by atoms with E-state index < -0.39 is 6.23 Å². The van der Waals surface area contributed by atoms with Crippen LogP contribution in [0.1, 0.15) is 26.5 Å². The molecule has 0 spiro atoms. The number of ether oxygens (including phenoxy) is 1. The first-order chi connectivity index (χ1) is 11.5. The summed E-state index contributed by atoms with van der Waals surface area (Å²) in [6.07, 6.45) is 3.71. The fraction of sp³-hybridized carbons (Fsp3) is 0.438. The molecular weight excluding hydrogens is 310 g/mol. The van der Waals surface area contributed by atoms with Gasteiger partial charge in [0.25, 0.3) is 5.56 Å². The van der Waals surface area contributed by atoms with Gasteiger partial charge in [-0.25, -0.2) is 9.36 Å². The Kier molecular flexibility index (Phi) is 4.15. The number of nitrogens with one attached hydrogen (secondary N) is 1. The Balaban J connectivity index is 2.34. The molecule has 128 valence electrons. The first-order valence-corrected chi connectivity index (χ1v) is 7.87. The molecule has 1 atom stereocenters. The quantitative estimate of drug-likeness (QED) is 0.767. The van der Waals surface area contributed by atoms with Gasteiger partial charge in [-0.05, 0) is 19.4 Å². The monoisotopic (exact) mass is 331 g/mol. The zero-order valence-corrected chi connectivity index (χ0v) is 14.2. The minimum atomic E-state index is -0.636. The van der Waals surface area contributed by atoms with E-state index in [0.29, 0.717) is 17.6 Å². The van der Waals surface area contributed by atoms with Crippen LogP contribution >= 0.6 is 0 Å². The van der Waals surface area contributed by atoms with Crippen molar-refractivity contribution in [1.29, 1.82) is 0 Å². The number of hydrogen-bond acceptors (Lipinski definition) is 4. The van der Waals surface area contributed by atoms with E-state index in [2.05, 4.69) is 10.1 Å². The molecular formula is C16H21N5O3. The van der Waals surface area contributed by atoms with Crippen LogP contribution in [-0.2, 0) is 18.3 Å². The van der Waals surface area contributed by atoms with Crippen molar-refractivity contribution in [2.24, 2.45) is 7.05 Å². The standard InChI is InChI=1S/C16H21N5O3/c1-5-6-20-13-7-12(11-8-17-19(3)9-11)18-14(13)15(22)21(16(20)23)10(2)24-4/h7-10,18H,5-6H2,1-4H3. The molecule has 0 bridgehead atoms. The highest BCUT2D eigenvalue weighted by atomic mass is 16.5. The number of H-pyrrole nitrogens is 1. The Bertz CT molecular complexity index is 991. The third-order valence-corrected chi connectivity index (χ3v) is 4.13. The summed E-state index contributed by atoms with van der Waals surface area (Å²) in [5.41, 5.74) is 1.86. The van der Waals surface area contributed by atoms with Crippen molar-refractivity contribution in [3.8, 4) is 11.3 Å². The fourth-order valence-electron chi connectivity index (χ4n) is 2.84. The molecule has 0 aromatic carbocycles. The molecule has 3 aromatic rings. The maximum Gasteiger partial charge on any atom is 0.333 e. The minimum Gasteiger partial charge on any atom is -0.361 e. The molecule has 0 aliphatic heterocycles. The summed E-state index contributed by atoms with van der Waals surface area (Å²) in [6.45, 7) is 4.19. The van der Waals surface area contributed by atoms with E-state index in [1.807, 2.05) is 26.2 Å². The largest absolute Gasteiger partial charge is 0.361 e. The smallest absolute Gasteiger partial charge is 0.333 e. The second kappa shape index (κ2) is 6.12. The van der Waals surface area contributed by atoms with Gasteiger partial charge in [0.2, 0.25) is 0 Å². The van der Waals surface area contributed by atoms with Crippen molar-refractivity contribution >= 4 is 11.0 Å². The van der Waals surface area contributed by atoms with E-state index in [9.17, 15) is 9.59 Å². The third-order valence-electron chi connectivity index (χ3n) is 4.13. The zero-order chi connectivity index (χ0) is 17.4. The highest BCUT2D eigenvalue weighted by molar-refractivity contribution is 5.82. The Morgan fingerprint density at radius 2 is 2.12 bits per heavy atom. The highest BCUT2D eigenvalue weighted by Gasteiger charge is 2.19. The molecule has 0 fully saturated rings. The average molecular weight is 331 g/mol. The average Bonchev–Trinajstić information content (AvgIpc) is 3.17. The molecule has 0 aliphatic rings. The van der Waals surface area contributed by atoms with E-state index >= 15 is 0 Å². The summed E-state index contributed by atoms with van der Waals surface area (Å²) in [4.78, 5) is 28.7. The van der Waals surface area contributed by atoms with Gasteiger partial charge in [-0.1, -0.05) is 6.92 Å². The molecule has 0 aliphatic carbocycles. The Hall–Kier alpha value is -2.61. The number of rotatable bonds is 5. The van der Waals surface area contributed by atoms with Crippen LogP contribution in [0.25, 0.3) is 22.3 Å². The van der Waals surface area contributed by atoms with Crippen molar-refractivity contribution in [3.05, 3.63) is 39.3 Å². The topological polar surface area (TPSA) is 86.8 Å². The van der Waals surface area contributed by atoms with Crippen molar-refractivity contribution in [1.82, 2.24) is 23.9 Å². The molecule has 3 aromatic heterocycles. The lowest BCUT2D eigenvalue weighted by Crippen LogP contribution is -2.42. The summed E-state index contributed by atoms with van der Waals surface area (Å²) >= 11 is 0. The molecule has 3 heterocycles. The molecule has 0 saturated heterocycles. The van der Waals surface area contributed by atoms with Crippen LogP contribution in [0, 0.1) is 0 Å². The highest BCUT2D eigenvalue weighted by Crippen LogP contribution is 2.21. The first-order valence-electron chi connectivity index (χ1n) is 7.87. The van der Waals surface area contributed by atoms with E-state index in [-0.39, 0.29) is 11.2 Å². The van der Waals surface area contributed by atoms with E-state index in [1.165, 1.54) is 7.11 Å². The number of fused-ring (bicyclic) bond motifs is 1. The van der Waals surface area contributed by atoms with Crippen molar-refractivity contribution in [2.75, 3.05) is 7.11 Å². The third kappa shape index (κ3) is 2.48. The van der Waals surface area contributed by atoms with Gasteiger partial charge in [0.1, 0.15) is 11.7 Å². The minimum absolute atomic E-state index is 0.361. The van der Waals surface area contributed by atoms with Crippen LogP contribution in [-0.4, -0.2) is 31.0 Å². The molecule has 0 saturated carbocycles. The maximum atomic E-state index is 12.8. The van der Waals surface area contributed by atoms with Gasteiger partial charge in [0.15, 0.2) is 0 Å². The number of methoxy groups -OCH3 is 1. The van der Waals surface area contributed by atoms with Crippen LogP contribution in [0.15, 0.2) is 28.0 Å². The molecule has 1 unspecified atom stereocenters. The van der Waals surface area contributed by atoms with Gasteiger partial charge < -0.3 is 9.72 Å². The molecule has 0 radical (unpaired) electrons. The number of aromatic amines is 1. The SMILES string of the molecule is CCCn1c(=O)n(C(C)OC)c(=O)c2[nH]c(-c3cnn(C)c3)cc21. The van der Waals surface area contributed by atoms with Crippen LogP contribution < -0.4 is 11.2 Å². The van der Waals surface area contributed by atoms with E-state index in [1.54, 1.807) is 22.4 Å². The molecule has 24 heavy (non-hydrogen) atoms. The van der Waals surface area contributed by atoms with Gasteiger partial charge in [0, 0.05) is 32.5 Å². The van der Waals surface area contributed by atoms with Gasteiger partial charge in [0.05, 0.1) is 17.4 Å². The molecule has 1 N–H and O–H groups in total. The van der Waals surface area contributed by atoms with Crippen LogP contribution in [0.4, 0.5) is 0 Å². The first kappa shape index (κ1) is 16.3. The number of nitrogens with zero attached hydrogens (tertiary/aromatic N) is 4. The maximum absolute atomic E-state index is 12.8. The van der Waals surface area contributed by atoms with Crippen LogP contribution in [0.5, 0.6) is 0 Å². The Morgan fingerprint density at radius 3 is 2.71 bits per heavy atom. The normalized spacial score (nSPS) is 12.8. The molecule has 3 rings (SSSR count). The second-order valence-electron chi connectivity index (χ2n) is 5.79. The van der Waals surface area contributed by atoms with E-state index in [4.69, 9.17) is 4.74 Å². The lowest BCUT2D eigenvalue weighted by Gasteiger charge is -2.15. The van der Waals surface area contributed by atoms with Crippen LogP contribution in [0.2, 0.25) is 0 Å². The Morgan fingerprint density at radius 1 is 1.38 bits per heavy atom. The number of aromatic nitrogens is 5. The lowest BCUT2D eigenvalue weighted by molar-refractivity contribution is 0.0531. The summed E-state index contributed by atoms with van der Waals surface area (Å²) in [5, 5.41) is 4.15. The predicted molar refractivity (Wildman–Crippen MR) is 91.0 cm³/mol. The molecule has 8 heteroatoms. The molecule has 8 nitrogen and oxygen atoms in total. The van der Waals surface area contributed by atoms with Crippen molar-refractivity contribution in [2.45, 2.75) is 33.0 Å². The fourth-order valence-corrected chi connectivity index (χ4v) is 2.84. The second-order valence-corrected chi connectivity index (χ2v) is 5.79. The summed E-state index contributed by atoms with van der Waals surface area (Å²) in [5.74, 6) is 0. The molecule has 0 amide bonds. The summed E-state index contributed by atoms with van der Waals surface area (Å²) in [6, 6.07) is 1.83. The lowest BCUT2D eigenvalue weighted by atomic mass is 10.2. The Labute approximate surface area is 138 Å². The van der Waals surface area contributed by atoms with E-state index in [0.717, 1.165) is 22.2 Å². The summed E-state index contributed by atoms with van der Waals surface area (Å²) in [7, 11) is 3.30. The zero-order valence-electron chi connectivity index (χ0n) is 14.2. The predicted octanol–water partition coefficient (Wildman–Crippen LogP) is 1.47. The summed E-state index contributed by atoms with van der Waals surface area (Å²) < 4.78 is 9.64. The number of aryl methyl sites for hydroxylation is 2. The van der Waals surface area contributed by atoms with Crippen molar-refractivity contribution < 1.29 is 4.74 Å². The number of hydrogen-bond donors (Lipinski definition) is 1. The van der Waals surface area contributed by atoms with Crippen LogP contribution in [0.3, 0.4) is 0 Å². The van der Waals surface area contributed by atoms with Gasteiger partial charge in [-0.15, -0.1) is 0 Å². The van der Waals surface area contributed by atoms with Gasteiger partial charge in [-0.2, -0.15) is 5.10 Å². The van der Waals surface area contributed by atoms with Crippen molar-refractivity contribution in [3.63, 3.8) is 0 Å².